The fourth-order valence-electron chi connectivity index (χ4n) is 5.66. The van der Waals surface area contributed by atoms with Gasteiger partial charge >= 0.3 is 0 Å². The second-order valence-electron chi connectivity index (χ2n) is 8.90. The van der Waals surface area contributed by atoms with Crippen molar-refractivity contribution in [1.29, 1.82) is 0 Å². The first kappa shape index (κ1) is 18.5. The third kappa shape index (κ3) is 3.63. The topological polar surface area (TPSA) is 40.6 Å². The Bertz CT molecular complexity index is 710. The molecule has 1 aromatic rings. The molecule has 0 unspecified atom stereocenters. The number of amides is 2. The molecule has 2 amide bonds. The van der Waals surface area contributed by atoms with Gasteiger partial charge in [-0.05, 0) is 36.8 Å². The monoisotopic (exact) mass is 368 g/mol. The lowest BCUT2D eigenvalue weighted by atomic mass is 9.86. The van der Waals surface area contributed by atoms with Gasteiger partial charge in [0.15, 0.2) is 0 Å². The quantitative estimate of drug-likeness (QED) is 0.811. The minimum Gasteiger partial charge on any atom is -0.342 e. The predicted molar refractivity (Wildman–Crippen MR) is 106 cm³/mol. The van der Waals surface area contributed by atoms with E-state index in [2.05, 4.69) is 36.1 Å². The van der Waals surface area contributed by atoms with Crippen LogP contribution in [0.25, 0.3) is 0 Å². The molecular weight excluding hydrogens is 336 g/mol. The van der Waals surface area contributed by atoms with Crippen molar-refractivity contribution in [2.24, 2.45) is 17.8 Å². The minimum atomic E-state index is 0.112. The van der Waals surface area contributed by atoms with E-state index in [0.717, 1.165) is 26.1 Å². The highest BCUT2D eigenvalue weighted by molar-refractivity contribution is 5.77. The molecule has 2 aliphatic heterocycles. The molecule has 0 N–H and O–H groups in total. The lowest BCUT2D eigenvalue weighted by Gasteiger charge is -2.30. The number of hydrogen-bond donors (Lipinski definition) is 0. The summed E-state index contributed by atoms with van der Waals surface area (Å²) in [7, 11) is 0. The average Bonchev–Trinajstić information content (AvgIpc) is 3.21. The van der Waals surface area contributed by atoms with Crippen LogP contribution in [-0.2, 0) is 9.59 Å². The van der Waals surface area contributed by atoms with Crippen LogP contribution >= 0.6 is 0 Å². The van der Waals surface area contributed by atoms with Gasteiger partial charge in [-0.2, -0.15) is 0 Å². The van der Waals surface area contributed by atoms with Gasteiger partial charge in [-0.25, -0.2) is 0 Å². The minimum absolute atomic E-state index is 0.112. The lowest BCUT2D eigenvalue weighted by Crippen LogP contribution is -2.37. The van der Waals surface area contributed by atoms with Crippen molar-refractivity contribution in [3.05, 3.63) is 35.4 Å². The van der Waals surface area contributed by atoms with E-state index in [0.29, 0.717) is 23.7 Å². The SMILES string of the molecule is CC(=O)N1C[C@H]2CN(C(=O)CC3CCCCC3)C[C@H]2[C@H]1c1ccccc1C. The zero-order valence-corrected chi connectivity index (χ0v) is 16.7. The van der Waals surface area contributed by atoms with Crippen molar-refractivity contribution in [2.75, 3.05) is 19.6 Å². The van der Waals surface area contributed by atoms with Gasteiger partial charge in [0.05, 0.1) is 6.04 Å². The predicted octanol–water partition coefficient (Wildman–Crippen LogP) is 3.94. The summed E-state index contributed by atoms with van der Waals surface area (Å²) < 4.78 is 0. The number of benzene rings is 1. The summed E-state index contributed by atoms with van der Waals surface area (Å²) in [5.41, 5.74) is 2.49. The Balaban J connectivity index is 1.49. The summed E-state index contributed by atoms with van der Waals surface area (Å²) in [4.78, 5) is 29.4. The number of rotatable bonds is 3. The van der Waals surface area contributed by atoms with Gasteiger partial charge in [-0.15, -0.1) is 0 Å². The molecule has 0 radical (unpaired) electrons. The summed E-state index contributed by atoms with van der Waals surface area (Å²) in [6, 6.07) is 8.51. The van der Waals surface area contributed by atoms with Crippen LogP contribution in [0.5, 0.6) is 0 Å². The molecule has 1 saturated carbocycles. The molecule has 3 fully saturated rings. The van der Waals surface area contributed by atoms with Crippen LogP contribution in [0, 0.1) is 24.7 Å². The maximum atomic E-state index is 12.9. The zero-order valence-electron chi connectivity index (χ0n) is 16.7. The van der Waals surface area contributed by atoms with Gasteiger partial charge in [0.2, 0.25) is 11.8 Å². The van der Waals surface area contributed by atoms with E-state index in [1.165, 1.54) is 43.2 Å². The zero-order chi connectivity index (χ0) is 19.0. The summed E-state index contributed by atoms with van der Waals surface area (Å²) in [6.07, 6.45) is 7.06. The van der Waals surface area contributed by atoms with E-state index < -0.39 is 0 Å². The van der Waals surface area contributed by atoms with E-state index in [4.69, 9.17) is 0 Å². The van der Waals surface area contributed by atoms with Crippen LogP contribution in [0.15, 0.2) is 24.3 Å². The Morgan fingerprint density at radius 1 is 1.04 bits per heavy atom. The fraction of sp³-hybridized carbons (Fsp3) is 0.652. The number of nitrogens with zero attached hydrogens (tertiary/aromatic N) is 2. The Labute approximate surface area is 162 Å². The highest BCUT2D eigenvalue weighted by Gasteiger charge is 2.49. The Kier molecular flexibility index (Phi) is 5.25. The molecule has 4 nitrogen and oxygen atoms in total. The average molecular weight is 369 g/mol. The third-order valence-corrected chi connectivity index (χ3v) is 7.12. The Morgan fingerprint density at radius 3 is 2.48 bits per heavy atom. The summed E-state index contributed by atoms with van der Waals surface area (Å²) in [5.74, 6) is 1.86. The number of hydrogen-bond acceptors (Lipinski definition) is 2. The second-order valence-corrected chi connectivity index (χ2v) is 8.90. The Morgan fingerprint density at radius 2 is 1.78 bits per heavy atom. The van der Waals surface area contributed by atoms with Crippen molar-refractivity contribution in [2.45, 2.75) is 58.4 Å². The van der Waals surface area contributed by atoms with Crippen LogP contribution in [0.4, 0.5) is 0 Å². The van der Waals surface area contributed by atoms with Crippen LogP contribution in [0.2, 0.25) is 0 Å². The molecule has 0 spiro atoms. The molecule has 146 valence electrons. The molecule has 3 atom stereocenters. The van der Waals surface area contributed by atoms with Crippen molar-refractivity contribution < 1.29 is 9.59 Å². The highest BCUT2D eigenvalue weighted by Crippen LogP contribution is 2.46. The molecule has 2 saturated heterocycles. The van der Waals surface area contributed by atoms with Gasteiger partial charge in [-0.1, -0.05) is 43.5 Å². The number of aryl methyl sites for hydroxylation is 1. The van der Waals surface area contributed by atoms with Crippen molar-refractivity contribution in [1.82, 2.24) is 9.80 Å². The molecule has 1 aromatic carbocycles. The van der Waals surface area contributed by atoms with E-state index in [9.17, 15) is 9.59 Å². The molecule has 2 heterocycles. The van der Waals surface area contributed by atoms with Crippen LogP contribution < -0.4 is 0 Å². The van der Waals surface area contributed by atoms with E-state index in [1.54, 1.807) is 6.92 Å². The lowest BCUT2D eigenvalue weighted by molar-refractivity contribution is -0.132. The normalized spacial score (nSPS) is 28.4. The summed E-state index contributed by atoms with van der Waals surface area (Å²) in [5, 5.41) is 0. The van der Waals surface area contributed by atoms with E-state index in [-0.39, 0.29) is 11.9 Å². The van der Waals surface area contributed by atoms with E-state index in [1.807, 2.05) is 4.90 Å². The first-order valence-electron chi connectivity index (χ1n) is 10.6. The molecule has 0 bridgehead atoms. The van der Waals surface area contributed by atoms with Crippen molar-refractivity contribution >= 4 is 11.8 Å². The molecular formula is C23H32N2O2. The van der Waals surface area contributed by atoms with Crippen molar-refractivity contribution in [3.8, 4) is 0 Å². The largest absolute Gasteiger partial charge is 0.342 e. The maximum Gasteiger partial charge on any atom is 0.222 e. The smallest absolute Gasteiger partial charge is 0.222 e. The first-order chi connectivity index (χ1) is 13.0. The van der Waals surface area contributed by atoms with Crippen molar-refractivity contribution in [3.63, 3.8) is 0 Å². The van der Waals surface area contributed by atoms with Crippen LogP contribution in [0.1, 0.15) is 62.6 Å². The Hall–Kier alpha value is -1.84. The number of carbonyl (C=O) groups excluding carboxylic acids is 2. The highest BCUT2D eigenvalue weighted by atomic mass is 16.2. The number of likely N-dealkylation sites (tertiary alicyclic amines) is 2. The fourth-order valence-corrected chi connectivity index (χ4v) is 5.66. The molecule has 1 aliphatic carbocycles. The summed E-state index contributed by atoms with van der Waals surface area (Å²) in [6.45, 7) is 6.22. The van der Waals surface area contributed by atoms with E-state index >= 15 is 0 Å². The van der Waals surface area contributed by atoms with Gasteiger partial charge < -0.3 is 9.80 Å². The van der Waals surface area contributed by atoms with Gasteiger partial charge in [0, 0.05) is 44.8 Å². The van der Waals surface area contributed by atoms with Gasteiger partial charge in [0.25, 0.3) is 0 Å². The molecule has 4 rings (SSSR count). The maximum absolute atomic E-state index is 12.9. The van der Waals surface area contributed by atoms with Gasteiger partial charge in [0.1, 0.15) is 0 Å². The van der Waals surface area contributed by atoms with Crippen LogP contribution in [0.3, 0.4) is 0 Å². The van der Waals surface area contributed by atoms with Crippen LogP contribution in [-0.4, -0.2) is 41.2 Å². The molecule has 3 aliphatic rings. The number of carbonyl (C=O) groups is 2. The molecule has 4 heteroatoms. The standard InChI is InChI=1S/C23H32N2O2/c1-16-8-6-7-11-20(16)23-21-15-24(13-19(21)14-25(23)17(2)26)22(27)12-18-9-4-3-5-10-18/h6-8,11,18-19,21,23H,3-5,9-10,12-15H2,1-2H3/t19-,21-,23-/m1/s1. The second kappa shape index (κ2) is 7.65. The van der Waals surface area contributed by atoms with Gasteiger partial charge in [-0.3, -0.25) is 9.59 Å². The summed E-state index contributed by atoms with van der Waals surface area (Å²) >= 11 is 0. The number of fused-ring (bicyclic) bond motifs is 1. The third-order valence-electron chi connectivity index (χ3n) is 7.12. The molecule has 0 aromatic heterocycles. The molecule has 27 heavy (non-hydrogen) atoms. The first-order valence-corrected chi connectivity index (χ1v) is 10.6.